The number of nitro groups is 1. The second-order valence-electron chi connectivity index (χ2n) is 2.72. The van der Waals surface area contributed by atoms with Crippen LogP contribution in [0.3, 0.4) is 0 Å². The van der Waals surface area contributed by atoms with Crippen LogP contribution in [0.4, 0.5) is 5.69 Å². The van der Waals surface area contributed by atoms with Gasteiger partial charge in [-0.05, 0) is 6.07 Å². The quantitative estimate of drug-likeness (QED) is 0.447. The molecule has 0 saturated carbocycles. The van der Waals surface area contributed by atoms with Gasteiger partial charge in [0.1, 0.15) is 0 Å². The number of aromatic hydroxyl groups is 1. The molecule has 1 heterocycles. The molecule has 0 amide bonds. The Kier molecular flexibility index (Phi) is 2.09. The van der Waals surface area contributed by atoms with E-state index in [2.05, 4.69) is 12.6 Å². The second kappa shape index (κ2) is 3.14. The van der Waals surface area contributed by atoms with Gasteiger partial charge < -0.3 is 5.11 Å². The number of nitro benzene ring substituents is 1. The van der Waals surface area contributed by atoms with Crippen LogP contribution in [0.5, 0.6) is 5.06 Å². The molecule has 2 rings (SSSR count). The smallest absolute Gasteiger partial charge is 0.271 e. The highest BCUT2D eigenvalue weighted by Gasteiger charge is 2.12. The molecule has 0 saturated heterocycles. The maximum absolute atomic E-state index is 10.5. The van der Waals surface area contributed by atoms with Gasteiger partial charge in [-0.15, -0.1) is 12.6 Å². The molecular weight excluding hydrogens is 222 g/mol. The van der Waals surface area contributed by atoms with Crippen LogP contribution in [-0.4, -0.2) is 10.0 Å². The van der Waals surface area contributed by atoms with Gasteiger partial charge in [-0.3, -0.25) is 10.1 Å². The third-order valence-corrected chi connectivity index (χ3v) is 3.27. The van der Waals surface area contributed by atoms with Crippen LogP contribution in [0.25, 0.3) is 10.1 Å². The first-order valence-corrected chi connectivity index (χ1v) is 4.94. The van der Waals surface area contributed by atoms with E-state index in [0.29, 0.717) is 10.3 Å². The lowest BCUT2D eigenvalue weighted by molar-refractivity contribution is -0.384. The summed E-state index contributed by atoms with van der Waals surface area (Å²) in [6.45, 7) is 0. The van der Waals surface area contributed by atoms with Gasteiger partial charge in [0.2, 0.25) is 0 Å². The number of thiol groups is 1. The van der Waals surface area contributed by atoms with Gasteiger partial charge >= 0.3 is 0 Å². The van der Waals surface area contributed by atoms with Crippen LogP contribution < -0.4 is 0 Å². The fourth-order valence-electron chi connectivity index (χ4n) is 1.21. The van der Waals surface area contributed by atoms with E-state index in [1.54, 1.807) is 0 Å². The Balaban J connectivity index is 2.77. The summed E-state index contributed by atoms with van der Waals surface area (Å²) in [5.41, 5.74) is -0.0136. The lowest BCUT2D eigenvalue weighted by Crippen LogP contribution is -1.86. The van der Waals surface area contributed by atoms with Crippen molar-refractivity contribution in [1.82, 2.24) is 0 Å². The Bertz CT molecular complexity index is 521. The number of thiophene rings is 1. The first-order valence-electron chi connectivity index (χ1n) is 3.68. The number of non-ortho nitro benzene ring substituents is 1. The van der Waals surface area contributed by atoms with Crippen LogP contribution in [0.2, 0.25) is 0 Å². The Morgan fingerprint density at radius 1 is 1.43 bits per heavy atom. The summed E-state index contributed by atoms with van der Waals surface area (Å²) in [6, 6.07) is 4.29. The van der Waals surface area contributed by atoms with Crippen molar-refractivity contribution in [2.24, 2.45) is 0 Å². The Labute approximate surface area is 88.4 Å². The van der Waals surface area contributed by atoms with Gasteiger partial charge in [0.15, 0.2) is 5.06 Å². The number of fused-ring (bicyclic) bond motifs is 1. The molecule has 14 heavy (non-hydrogen) atoms. The summed E-state index contributed by atoms with van der Waals surface area (Å²) in [4.78, 5) is 10.6. The summed E-state index contributed by atoms with van der Waals surface area (Å²) < 4.78 is 0.761. The molecular formula is C8H5NO3S2. The minimum Gasteiger partial charge on any atom is -0.499 e. The van der Waals surface area contributed by atoms with Crippen LogP contribution in [-0.2, 0) is 0 Å². The molecule has 1 aromatic carbocycles. The molecule has 4 nitrogen and oxygen atoms in total. The van der Waals surface area contributed by atoms with Gasteiger partial charge in [0, 0.05) is 22.4 Å². The molecule has 72 valence electrons. The molecule has 0 fully saturated rings. The highest BCUT2D eigenvalue weighted by atomic mass is 32.1. The summed E-state index contributed by atoms with van der Waals surface area (Å²) in [5, 5.41) is 20.5. The van der Waals surface area contributed by atoms with Gasteiger partial charge in [0.05, 0.1) is 9.62 Å². The zero-order valence-electron chi connectivity index (χ0n) is 6.80. The SMILES string of the molecule is O=[N+]([O-])c1cc(S)c2sc(O)cc2c1. The van der Waals surface area contributed by atoms with Crippen molar-refractivity contribution in [3.63, 3.8) is 0 Å². The van der Waals surface area contributed by atoms with E-state index in [1.807, 2.05) is 0 Å². The minimum atomic E-state index is -0.478. The Morgan fingerprint density at radius 2 is 2.14 bits per heavy atom. The molecule has 1 aromatic heterocycles. The maximum atomic E-state index is 10.5. The van der Waals surface area contributed by atoms with Crippen molar-refractivity contribution < 1.29 is 10.0 Å². The fraction of sp³-hybridized carbons (Fsp3) is 0. The largest absolute Gasteiger partial charge is 0.499 e. The van der Waals surface area contributed by atoms with Crippen molar-refractivity contribution in [3.05, 3.63) is 28.3 Å². The number of nitrogens with zero attached hydrogens (tertiary/aromatic N) is 1. The third kappa shape index (κ3) is 1.42. The number of hydrogen-bond acceptors (Lipinski definition) is 5. The van der Waals surface area contributed by atoms with Crippen molar-refractivity contribution in [2.75, 3.05) is 0 Å². The highest BCUT2D eigenvalue weighted by molar-refractivity contribution is 7.80. The Morgan fingerprint density at radius 3 is 2.79 bits per heavy atom. The van der Waals surface area contributed by atoms with E-state index < -0.39 is 4.92 Å². The molecule has 0 aliphatic rings. The van der Waals surface area contributed by atoms with Gasteiger partial charge in [-0.1, -0.05) is 11.3 Å². The van der Waals surface area contributed by atoms with Crippen molar-refractivity contribution >= 4 is 39.7 Å². The predicted molar refractivity (Wildman–Crippen MR) is 57.4 cm³/mol. The fourth-order valence-corrected chi connectivity index (χ4v) is 2.40. The molecule has 6 heteroatoms. The van der Waals surface area contributed by atoms with E-state index in [9.17, 15) is 15.2 Å². The molecule has 0 unspecified atom stereocenters. The summed E-state index contributed by atoms with van der Waals surface area (Å²) in [5.74, 6) is 0. The van der Waals surface area contributed by atoms with Crippen molar-refractivity contribution in [1.29, 1.82) is 0 Å². The summed E-state index contributed by atoms with van der Waals surface area (Å²) >= 11 is 5.28. The number of benzene rings is 1. The standard InChI is InChI=1S/C8H5NO3S2/c10-7-2-4-1-5(9(11)12)3-6(13)8(4)14-7/h1-3,10,13H. The van der Waals surface area contributed by atoms with Gasteiger partial charge in [-0.25, -0.2) is 0 Å². The van der Waals surface area contributed by atoms with Crippen molar-refractivity contribution in [2.45, 2.75) is 4.90 Å². The van der Waals surface area contributed by atoms with Crippen molar-refractivity contribution in [3.8, 4) is 5.06 Å². The zero-order chi connectivity index (χ0) is 10.3. The summed E-state index contributed by atoms with van der Waals surface area (Å²) in [7, 11) is 0. The molecule has 0 spiro atoms. The molecule has 0 bridgehead atoms. The lowest BCUT2D eigenvalue weighted by atomic mass is 10.2. The number of rotatable bonds is 1. The average molecular weight is 227 g/mol. The molecule has 2 aromatic rings. The average Bonchev–Trinajstić information content (AvgIpc) is 2.45. The normalized spacial score (nSPS) is 10.6. The Hall–Kier alpha value is -1.27. The zero-order valence-corrected chi connectivity index (χ0v) is 8.51. The van der Waals surface area contributed by atoms with Crippen LogP contribution >= 0.6 is 24.0 Å². The second-order valence-corrected chi connectivity index (χ2v) is 4.24. The van der Waals surface area contributed by atoms with Crippen LogP contribution in [0.15, 0.2) is 23.1 Å². The number of hydrogen-bond donors (Lipinski definition) is 2. The molecule has 0 radical (unpaired) electrons. The summed E-state index contributed by atoms with van der Waals surface area (Å²) in [6.07, 6.45) is 0. The van der Waals surface area contributed by atoms with E-state index in [1.165, 1.54) is 18.2 Å². The molecule has 0 aliphatic heterocycles. The third-order valence-electron chi connectivity index (χ3n) is 1.78. The molecule has 1 N–H and O–H groups in total. The monoisotopic (exact) mass is 227 g/mol. The highest BCUT2D eigenvalue weighted by Crippen LogP contribution is 2.37. The molecule has 0 atom stereocenters. The van der Waals surface area contributed by atoms with Gasteiger partial charge in [0.25, 0.3) is 5.69 Å². The maximum Gasteiger partial charge on any atom is 0.271 e. The first kappa shape index (κ1) is 9.29. The van der Waals surface area contributed by atoms with E-state index in [4.69, 9.17) is 0 Å². The minimum absolute atomic E-state index is 0.0136. The van der Waals surface area contributed by atoms with Gasteiger partial charge in [-0.2, -0.15) is 0 Å². The topological polar surface area (TPSA) is 63.4 Å². The van der Waals surface area contributed by atoms with Crippen LogP contribution in [0.1, 0.15) is 0 Å². The predicted octanol–water partition coefficient (Wildman–Crippen LogP) is 2.80. The van der Waals surface area contributed by atoms with Crippen LogP contribution in [0, 0.1) is 10.1 Å². The molecule has 0 aliphatic carbocycles. The lowest BCUT2D eigenvalue weighted by Gasteiger charge is -1.94. The van der Waals surface area contributed by atoms with E-state index in [-0.39, 0.29) is 10.8 Å². The van der Waals surface area contributed by atoms with E-state index >= 15 is 0 Å². The van der Waals surface area contributed by atoms with E-state index in [0.717, 1.165) is 16.0 Å². The first-order chi connectivity index (χ1) is 6.58.